The van der Waals surface area contributed by atoms with Crippen LogP contribution in [0.3, 0.4) is 0 Å². The van der Waals surface area contributed by atoms with E-state index in [0.29, 0.717) is 11.4 Å². The van der Waals surface area contributed by atoms with Crippen molar-refractivity contribution in [2.45, 2.75) is 6.54 Å². The van der Waals surface area contributed by atoms with Crippen molar-refractivity contribution in [1.82, 2.24) is 5.32 Å². The molecule has 26 heavy (non-hydrogen) atoms. The van der Waals surface area contributed by atoms with Crippen LogP contribution < -0.4 is 15.5 Å². The van der Waals surface area contributed by atoms with Crippen molar-refractivity contribution < 1.29 is 27.7 Å². The number of carbonyl (C=O) groups excluding carboxylic acids is 2. The number of nitrogens with one attached hydrogen (secondary N) is 3. The average molecular weight is 366 g/mol. The minimum Gasteiger partial charge on any atom is -0.347 e. The quantitative estimate of drug-likeness (QED) is 0.637. The highest BCUT2D eigenvalue weighted by atomic mass is 19.2. The summed E-state index contributed by atoms with van der Waals surface area (Å²) < 4.78 is 39.5. The van der Waals surface area contributed by atoms with Gasteiger partial charge in [-0.1, -0.05) is 30.3 Å². The van der Waals surface area contributed by atoms with E-state index in [1.807, 2.05) is 30.3 Å². The van der Waals surface area contributed by atoms with E-state index in [1.165, 1.54) is 0 Å². The molecule has 1 atom stereocenters. The molecule has 0 radical (unpaired) electrons. The smallest absolute Gasteiger partial charge is 0.279 e. The van der Waals surface area contributed by atoms with E-state index < -0.39 is 29.0 Å². The van der Waals surface area contributed by atoms with Crippen molar-refractivity contribution >= 4 is 17.5 Å². The van der Waals surface area contributed by atoms with E-state index in [0.717, 1.165) is 17.7 Å². The number of anilines is 1. The van der Waals surface area contributed by atoms with Gasteiger partial charge >= 0.3 is 0 Å². The van der Waals surface area contributed by atoms with Gasteiger partial charge in [-0.05, 0) is 17.7 Å². The second-order valence-corrected chi connectivity index (χ2v) is 5.84. The molecule has 0 heterocycles. The second kappa shape index (κ2) is 9.00. The fourth-order valence-electron chi connectivity index (χ4n) is 2.29. The maximum atomic E-state index is 13.5. The van der Waals surface area contributed by atoms with Crippen LogP contribution in [0.4, 0.5) is 18.9 Å². The number of carbonyl (C=O) groups is 2. The van der Waals surface area contributed by atoms with Gasteiger partial charge in [-0.3, -0.25) is 9.59 Å². The Morgan fingerprint density at radius 2 is 1.58 bits per heavy atom. The van der Waals surface area contributed by atoms with Gasteiger partial charge in [-0.25, -0.2) is 13.2 Å². The van der Waals surface area contributed by atoms with Crippen LogP contribution in [0, 0.1) is 17.5 Å². The Kier molecular flexibility index (Phi) is 6.74. The van der Waals surface area contributed by atoms with Crippen LogP contribution in [-0.2, 0) is 16.1 Å². The summed E-state index contributed by atoms with van der Waals surface area (Å²) in [5.74, 6) is -5.32. The number of quaternary nitrogens is 1. The highest BCUT2D eigenvalue weighted by Crippen LogP contribution is 2.19. The van der Waals surface area contributed by atoms with Crippen molar-refractivity contribution in [1.29, 1.82) is 0 Å². The molecule has 1 unspecified atom stereocenters. The van der Waals surface area contributed by atoms with Crippen molar-refractivity contribution in [3.63, 3.8) is 0 Å². The number of amides is 2. The summed E-state index contributed by atoms with van der Waals surface area (Å²) in [4.78, 5) is 24.3. The molecular formula is C18H19F3N3O2+. The molecule has 2 aromatic carbocycles. The highest BCUT2D eigenvalue weighted by molar-refractivity contribution is 5.91. The van der Waals surface area contributed by atoms with Crippen LogP contribution in [0.25, 0.3) is 0 Å². The van der Waals surface area contributed by atoms with Gasteiger partial charge in [0.25, 0.3) is 11.8 Å². The van der Waals surface area contributed by atoms with Gasteiger partial charge in [-0.15, -0.1) is 0 Å². The largest absolute Gasteiger partial charge is 0.347 e. The zero-order chi connectivity index (χ0) is 19.1. The zero-order valence-corrected chi connectivity index (χ0v) is 14.1. The van der Waals surface area contributed by atoms with Gasteiger partial charge in [0.1, 0.15) is 0 Å². The molecule has 0 saturated carbocycles. The molecule has 138 valence electrons. The lowest BCUT2D eigenvalue weighted by Gasteiger charge is -2.14. The van der Waals surface area contributed by atoms with Crippen LogP contribution in [0.2, 0.25) is 0 Å². The van der Waals surface area contributed by atoms with Crippen molar-refractivity contribution in [3.05, 3.63) is 65.5 Å². The molecule has 0 bridgehead atoms. The number of hydrogen-bond donors (Lipinski definition) is 3. The Balaban J connectivity index is 1.79. The Bertz CT molecular complexity index is 785. The summed E-state index contributed by atoms with van der Waals surface area (Å²) in [6, 6.07) is 11.0. The molecule has 2 aromatic rings. The lowest BCUT2D eigenvalue weighted by molar-refractivity contribution is -0.862. The van der Waals surface area contributed by atoms with Crippen LogP contribution in [0.15, 0.2) is 42.5 Å². The number of benzene rings is 2. The molecule has 0 aromatic heterocycles. The van der Waals surface area contributed by atoms with Crippen molar-refractivity contribution in [3.8, 4) is 0 Å². The number of halogens is 3. The number of rotatable bonds is 7. The highest BCUT2D eigenvalue weighted by Gasteiger charge is 2.18. The molecule has 0 saturated heterocycles. The Morgan fingerprint density at radius 1 is 0.923 bits per heavy atom. The molecule has 0 spiro atoms. The number of likely N-dealkylation sites (N-methyl/N-ethyl adjacent to an activating group) is 1. The maximum Gasteiger partial charge on any atom is 0.279 e. The topological polar surface area (TPSA) is 62.6 Å². The monoisotopic (exact) mass is 366 g/mol. The SMILES string of the molecule is C[NH+](CC(=O)NCc1ccccc1)CC(=O)Nc1ccc(F)c(F)c1F. The third-order valence-corrected chi connectivity index (χ3v) is 3.57. The summed E-state index contributed by atoms with van der Waals surface area (Å²) in [5, 5.41) is 4.90. The molecular weight excluding hydrogens is 347 g/mol. The molecule has 8 heteroatoms. The maximum absolute atomic E-state index is 13.5. The fraction of sp³-hybridized carbons (Fsp3) is 0.222. The summed E-state index contributed by atoms with van der Waals surface area (Å²) in [6.45, 7) is 0.261. The van der Waals surface area contributed by atoms with E-state index in [1.54, 1.807) is 7.05 Å². The van der Waals surface area contributed by atoms with Crippen LogP contribution >= 0.6 is 0 Å². The van der Waals surface area contributed by atoms with E-state index in [-0.39, 0.29) is 19.0 Å². The Hall–Kier alpha value is -2.87. The minimum atomic E-state index is -1.65. The minimum absolute atomic E-state index is 0.0283. The summed E-state index contributed by atoms with van der Waals surface area (Å²) in [5.41, 5.74) is 0.500. The molecule has 0 fully saturated rings. The first-order valence-electron chi connectivity index (χ1n) is 7.92. The van der Waals surface area contributed by atoms with Gasteiger partial charge in [0.2, 0.25) is 0 Å². The van der Waals surface area contributed by atoms with Gasteiger partial charge in [0, 0.05) is 6.54 Å². The van der Waals surface area contributed by atoms with Crippen LogP contribution in [0.1, 0.15) is 5.56 Å². The standard InChI is InChI=1S/C18H18F3N3O2/c1-24(10-15(25)22-9-12-5-3-2-4-6-12)11-16(26)23-14-8-7-13(19)17(20)18(14)21/h2-8H,9-11H2,1H3,(H,22,25)(H,23,26)/p+1. The fourth-order valence-corrected chi connectivity index (χ4v) is 2.29. The second-order valence-electron chi connectivity index (χ2n) is 5.84. The molecule has 0 aliphatic rings. The summed E-state index contributed by atoms with van der Waals surface area (Å²) in [7, 11) is 1.61. The van der Waals surface area contributed by atoms with Crippen LogP contribution in [0.5, 0.6) is 0 Å². The van der Waals surface area contributed by atoms with E-state index in [4.69, 9.17) is 0 Å². The summed E-state index contributed by atoms with van der Waals surface area (Å²) >= 11 is 0. The van der Waals surface area contributed by atoms with Crippen LogP contribution in [-0.4, -0.2) is 32.0 Å². The van der Waals surface area contributed by atoms with E-state index in [2.05, 4.69) is 10.6 Å². The first-order valence-corrected chi connectivity index (χ1v) is 7.92. The van der Waals surface area contributed by atoms with Crippen molar-refractivity contribution in [2.24, 2.45) is 0 Å². The zero-order valence-electron chi connectivity index (χ0n) is 14.1. The first kappa shape index (κ1) is 19.5. The Morgan fingerprint density at radius 3 is 2.27 bits per heavy atom. The molecule has 2 amide bonds. The predicted molar refractivity (Wildman–Crippen MR) is 89.9 cm³/mol. The lowest BCUT2D eigenvalue weighted by Crippen LogP contribution is -3.11. The predicted octanol–water partition coefficient (Wildman–Crippen LogP) is 0.874. The normalized spacial score (nSPS) is 11.7. The molecule has 5 nitrogen and oxygen atoms in total. The average Bonchev–Trinajstić information content (AvgIpc) is 2.61. The summed E-state index contributed by atoms with van der Waals surface area (Å²) in [6.07, 6.45) is 0. The molecule has 3 N–H and O–H groups in total. The van der Waals surface area contributed by atoms with Crippen molar-refractivity contribution in [2.75, 3.05) is 25.5 Å². The van der Waals surface area contributed by atoms with Gasteiger partial charge in [0.05, 0.1) is 12.7 Å². The van der Waals surface area contributed by atoms with Gasteiger partial charge in [-0.2, -0.15) is 0 Å². The lowest BCUT2D eigenvalue weighted by atomic mass is 10.2. The third kappa shape index (κ3) is 5.59. The molecule has 2 rings (SSSR count). The molecule has 0 aliphatic heterocycles. The number of hydrogen-bond acceptors (Lipinski definition) is 2. The molecule has 0 aliphatic carbocycles. The van der Waals surface area contributed by atoms with E-state index in [9.17, 15) is 22.8 Å². The third-order valence-electron chi connectivity index (χ3n) is 3.57. The Labute approximate surface area is 148 Å². The first-order chi connectivity index (χ1) is 12.4. The van der Waals surface area contributed by atoms with E-state index >= 15 is 0 Å². The van der Waals surface area contributed by atoms with Gasteiger partial charge in [0.15, 0.2) is 30.5 Å². The van der Waals surface area contributed by atoms with Gasteiger partial charge < -0.3 is 15.5 Å².